The van der Waals surface area contributed by atoms with Gasteiger partial charge in [0.15, 0.2) is 0 Å². The quantitative estimate of drug-likeness (QED) is 0.741. The van der Waals surface area contributed by atoms with Crippen LogP contribution in [-0.4, -0.2) is 19.8 Å². The van der Waals surface area contributed by atoms with E-state index in [0.717, 1.165) is 22.4 Å². The van der Waals surface area contributed by atoms with E-state index in [4.69, 9.17) is 4.74 Å². The van der Waals surface area contributed by atoms with Gasteiger partial charge in [0, 0.05) is 12.6 Å². The largest absolute Gasteiger partial charge is 0.489 e. The van der Waals surface area contributed by atoms with Crippen molar-refractivity contribution in [2.75, 3.05) is 0 Å². The van der Waals surface area contributed by atoms with Crippen molar-refractivity contribution < 1.29 is 4.74 Å². The van der Waals surface area contributed by atoms with Gasteiger partial charge in [0.05, 0.1) is 5.69 Å². The molecule has 0 bridgehead atoms. The van der Waals surface area contributed by atoms with Gasteiger partial charge in [0.1, 0.15) is 12.4 Å². The molecule has 0 spiro atoms. The lowest BCUT2D eigenvalue weighted by atomic mass is 10.1. The summed E-state index contributed by atoms with van der Waals surface area (Å²) in [6.07, 6.45) is 0. The van der Waals surface area contributed by atoms with Gasteiger partial charge in [-0.25, -0.2) is 4.79 Å². The first kappa shape index (κ1) is 15.0. The highest BCUT2D eigenvalue weighted by atomic mass is 16.5. The molecule has 0 fully saturated rings. The third-order valence-corrected chi connectivity index (χ3v) is 3.80. The first-order chi connectivity index (χ1) is 11.1. The molecule has 0 aliphatic carbocycles. The molecule has 1 heterocycles. The topological polar surface area (TPSA) is 61.9 Å². The monoisotopic (exact) mass is 310 g/mol. The second-order valence-corrected chi connectivity index (χ2v) is 5.42. The smallest absolute Gasteiger partial charge is 0.368 e. The van der Waals surface area contributed by atoms with Crippen molar-refractivity contribution in [3.63, 3.8) is 0 Å². The Morgan fingerprint density at radius 1 is 1.00 bits per heavy atom. The van der Waals surface area contributed by atoms with Crippen LogP contribution in [0.15, 0.2) is 47.3 Å². The fourth-order valence-electron chi connectivity index (χ4n) is 2.41. The summed E-state index contributed by atoms with van der Waals surface area (Å²) in [6, 6.07) is 13.6. The number of rotatable bonds is 4. The number of benzene rings is 2. The number of para-hydroxylation sites is 1. The van der Waals surface area contributed by atoms with Crippen LogP contribution in [0.4, 0.5) is 0 Å². The van der Waals surface area contributed by atoms with Crippen LogP contribution in [0.2, 0.25) is 0 Å². The van der Waals surface area contributed by atoms with E-state index < -0.39 is 0 Å². The van der Waals surface area contributed by atoms with Crippen molar-refractivity contribution in [1.29, 1.82) is 0 Å². The Labute approximate surface area is 133 Å². The molecule has 0 unspecified atom stereocenters. The van der Waals surface area contributed by atoms with Crippen molar-refractivity contribution in [2.45, 2.75) is 20.5 Å². The Morgan fingerprint density at radius 2 is 1.74 bits per heavy atom. The molecule has 2 aromatic carbocycles. The first-order valence-corrected chi connectivity index (χ1v) is 7.34. The standard InChI is InChI=1S/C17H18N4O2/c1-12-8-6-9-15(21-17(22)20(3)18-19-21)14(12)11-23-16-10-5-4-7-13(16)2/h4-10H,11H2,1-3H3. The van der Waals surface area contributed by atoms with Crippen LogP contribution in [0.25, 0.3) is 5.69 Å². The minimum absolute atomic E-state index is 0.284. The van der Waals surface area contributed by atoms with E-state index in [1.165, 1.54) is 9.36 Å². The van der Waals surface area contributed by atoms with E-state index >= 15 is 0 Å². The number of hydrogen-bond acceptors (Lipinski definition) is 4. The van der Waals surface area contributed by atoms with Gasteiger partial charge < -0.3 is 4.74 Å². The Morgan fingerprint density at radius 3 is 2.43 bits per heavy atom. The molecule has 0 aliphatic heterocycles. The number of aromatic nitrogens is 4. The summed E-state index contributed by atoms with van der Waals surface area (Å²) in [4.78, 5) is 12.1. The van der Waals surface area contributed by atoms with Gasteiger partial charge in [-0.1, -0.05) is 30.3 Å². The Balaban J connectivity index is 1.98. The molecule has 0 saturated heterocycles. The van der Waals surface area contributed by atoms with Gasteiger partial charge in [-0.15, -0.1) is 0 Å². The first-order valence-electron chi connectivity index (χ1n) is 7.34. The summed E-state index contributed by atoms with van der Waals surface area (Å²) in [5.41, 5.74) is 3.43. The van der Waals surface area contributed by atoms with Crippen LogP contribution in [0.1, 0.15) is 16.7 Å². The second-order valence-electron chi connectivity index (χ2n) is 5.42. The van der Waals surface area contributed by atoms with Gasteiger partial charge in [0.25, 0.3) is 0 Å². The summed E-state index contributed by atoms with van der Waals surface area (Å²) < 4.78 is 8.44. The van der Waals surface area contributed by atoms with Crippen LogP contribution in [-0.2, 0) is 13.7 Å². The third kappa shape index (κ3) is 2.88. The van der Waals surface area contributed by atoms with Crippen molar-refractivity contribution >= 4 is 0 Å². The summed E-state index contributed by atoms with van der Waals surface area (Å²) in [5.74, 6) is 0.827. The lowest BCUT2D eigenvalue weighted by molar-refractivity contribution is 0.302. The highest BCUT2D eigenvalue weighted by Crippen LogP contribution is 2.22. The zero-order valence-corrected chi connectivity index (χ0v) is 13.4. The molecule has 3 aromatic rings. The molecule has 118 valence electrons. The average Bonchev–Trinajstić information content (AvgIpc) is 2.87. The highest BCUT2D eigenvalue weighted by Gasteiger charge is 2.13. The predicted octanol–water partition coefficient (Wildman–Crippen LogP) is 2.16. The molecule has 1 aromatic heterocycles. The molecular weight excluding hydrogens is 292 g/mol. The summed E-state index contributed by atoms with van der Waals surface area (Å²) >= 11 is 0. The Bertz CT molecular complexity index is 896. The molecule has 0 radical (unpaired) electrons. The number of hydrogen-bond donors (Lipinski definition) is 0. The van der Waals surface area contributed by atoms with E-state index in [9.17, 15) is 4.79 Å². The van der Waals surface area contributed by atoms with Crippen LogP contribution < -0.4 is 10.4 Å². The molecule has 23 heavy (non-hydrogen) atoms. The SMILES string of the molecule is Cc1ccccc1OCc1c(C)cccc1-n1nnn(C)c1=O. The fourth-order valence-corrected chi connectivity index (χ4v) is 2.41. The molecular formula is C17H18N4O2. The zero-order valence-electron chi connectivity index (χ0n) is 13.4. The van der Waals surface area contributed by atoms with Crippen LogP contribution in [0.5, 0.6) is 5.75 Å². The summed E-state index contributed by atoms with van der Waals surface area (Å²) in [7, 11) is 1.57. The minimum atomic E-state index is -0.284. The van der Waals surface area contributed by atoms with Gasteiger partial charge >= 0.3 is 5.69 Å². The maximum Gasteiger partial charge on any atom is 0.368 e. The van der Waals surface area contributed by atoms with Gasteiger partial charge in [-0.05, 0) is 47.5 Å². The minimum Gasteiger partial charge on any atom is -0.489 e. The normalized spacial score (nSPS) is 10.7. The molecule has 6 heteroatoms. The maximum absolute atomic E-state index is 12.1. The molecule has 0 amide bonds. The summed E-state index contributed by atoms with van der Waals surface area (Å²) in [5, 5.41) is 7.69. The lowest BCUT2D eigenvalue weighted by Crippen LogP contribution is -2.23. The molecule has 0 saturated carbocycles. The number of aryl methyl sites for hydroxylation is 3. The summed E-state index contributed by atoms with van der Waals surface area (Å²) in [6.45, 7) is 4.35. The molecule has 3 rings (SSSR count). The average molecular weight is 310 g/mol. The molecule has 0 atom stereocenters. The van der Waals surface area contributed by atoms with Crippen molar-refractivity contribution in [1.82, 2.24) is 19.8 Å². The van der Waals surface area contributed by atoms with Crippen molar-refractivity contribution in [3.05, 3.63) is 69.6 Å². The van der Waals surface area contributed by atoms with Gasteiger partial charge in [-0.3, -0.25) is 0 Å². The van der Waals surface area contributed by atoms with Crippen molar-refractivity contribution in [2.24, 2.45) is 7.05 Å². The zero-order chi connectivity index (χ0) is 16.4. The second kappa shape index (κ2) is 6.08. The Hall–Kier alpha value is -2.89. The predicted molar refractivity (Wildman–Crippen MR) is 86.8 cm³/mol. The number of nitrogens with zero attached hydrogens (tertiary/aromatic N) is 4. The lowest BCUT2D eigenvalue weighted by Gasteiger charge is -2.14. The third-order valence-electron chi connectivity index (χ3n) is 3.80. The van der Waals surface area contributed by atoms with E-state index in [1.807, 2.05) is 56.3 Å². The van der Waals surface area contributed by atoms with E-state index in [0.29, 0.717) is 12.3 Å². The number of tetrazole rings is 1. The number of ether oxygens (including phenoxy) is 1. The van der Waals surface area contributed by atoms with E-state index in [2.05, 4.69) is 10.4 Å². The van der Waals surface area contributed by atoms with E-state index in [-0.39, 0.29) is 5.69 Å². The van der Waals surface area contributed by atoms with Gasteiger partial charge in [-0.2, -0.15) is 9.36 Å². The molecule has 0 aliphatic rings. The molecule has 0 N–H and O–H groups in total. The van der Waals surface area contributed by atoms with Crippen LogP contribution in [0.3, 0.4) is 0 Å². The molecule has 6 nitrogen and oxygen atoms in total. The fraction of sp³-hybridized carbons (Fsp3) is 0.235. The van der Waals surface area contributed by atoms with Crippen molar-refractivity contribution in [3.8, 4) is 11.4 Å². The van der Waals surface area contributed by atoms with Crippen LogP contribution >= 0.6 is 0 Å². The van der Waals surface area contributed by atoms with Crippen LogP contribution in [0, 0.1) is 13.8 Å². The highest BCUT2D eigenvalue weighted by molar-refractivity contribution is 5.45. The maximum atomic E-state index is 12.1. The Kier molecular flexibility index (Phi) is 3.97. The van der Waals surface area contributed by atoms with Gasteiger partial charge in [0.2, 0.25) is 0 Å². The van der Waals surface area contributed by atoms with E-state index in [1.54, 1.807) is 7.05 Å².